The molecule has 0 heterocycles. The van der Waals surface area contributed by atoms with E-state index in [0.29, 0.717) is 0 Å². The van der Waals surface area contributed by atoms with E-state index in [9.17, 15) is 14.7 Å². The lowest BCUT2D eigenvalue weighted by molar-refractivity contribution is -0.301. The summed E-state index contributed by atoms with van der Waals surface area (Å²) in [7, 11) is 0. The highest BCUT2D eigenvalue weighted by atomic mass is 32.2. The van der Waals surface area contributed by atoms with Gasteiger partial charge in [-0.2, -0.15) is 0 Å². The molecule has 0 spiro atoms. The lowest BCUT2D eigenvalue weighted by Crippen LogP contribution is -2.26. The van der Waals surface area contributed by atoms with Crippen LogP contribution in [-0.2, 0) is 9.59 Å². The highest BCUT2D eigenvalue weighted by molar-refractivity contribution is 8.01. The molecule has 0 aromatic rings. The van der Waals surface area contributed by atoms with Crippen molar-refractivity contribution in [2.45, 2.75) is 12.2 Å². The summed E-state index contributed by atoms with van der Waals surface area (Å²) in [6.07, 6.45) is 0. The van der Waals surface area contributed by atoms with Gasteiger partial charge in [-0.1, -0.05) is 0 Å². The Bertz CT molecular complexity index is 145. The highest BCUT2D eigenvalue weighted by Crippen LogP contribution is 2.08. The van der Waals surface area contributed by atoms with E-state index in [1.807, 2.05) is 0 Å². The minimum Gasteiger partial charge on any atom is -0.549 e. The van der Waals surface area contributed by atoms with Crippen molar-refractivity contribution < 1.29 is 19.8 Å². The summed E-state index contributed by atoms with van der Waals surface area (Å²) in [5, 5.41) is 17.4. The maximum absolute atomic E-state index is 10.1. The number of thioether (sulfide) groups is 1. The Labute approximate surface area is 62.2 Å². The first-order valence-corrected chi connectivity index (χ1v) is 3.63. The first-order chi connectivity index (χ1) is 4.54. The van der Waals surface area contributed by atoms with Gasteiger partial charge < -0.3 is 15.0 Å². The molecule has 10 heavy (non-hydrogen) atoms. The molecule has 0 fully saturated rings. The lowest BCUT2D eigenvalue weighted by atomic mass is 10.5. The molecule has 0 saturated heterocycles. The van der Waals surface area contributed by atoms with Crippen LogP contribution in [0.2, 0.25) is 0 Å². The molecule has 0 bridgehead atoms. The maximum Gasteiger partial charge on any atom is 0.316 e. The van der Waals surface area contributed by atoms with Crippen LogP contribution in [0.4, 0.5) is 0 Å². The fourth-order valence-electron chi connectivity index (χ4n) is 0.264. The average molecular weight is 163 g/mol. The zero-order valence-corrected chi connectivity index (χ0v) is 6.18. The smallest absolute Gasteiger partial charge is 0.316 e. The molecule has 0 aliphatic rings. The minimum atomic E-state index is -1.24. The molecule has 58 valence electrons. The third-order valence-electron chi connectivity index (χ3n) is 0.799. The molecule has 1 atom stereocenters. The fraction of sp³-hybridized carbons (Fsp3) is 0.600. The molecule has 5 heteroatoms. The number of carboxylic acids is 2. The fourth-order valence-corrected chi connectivity index (χ4v) is 0.793. The van der Waals surface area contributed by atoms with E-state index in [-0.39, 0.29) is 5.75 Å². The average Bonchev–Trinajstić information content (AvgIpc) is 1.82. The second-order valence-corrected chi connectivity index (χ2v) is 2.99. The summed E-state index contributed by atoms with van der Waals surface area (Å²) in [5.41, 5.74) is 0. The minimum absolute atomic E-state index is 0.270. The van der Waals surface area contributed by atoms with Gasteiger partial charge in [0.2, 0.25) is 0 Å². The summed E-state index contributed by atoms with van der Waals surface area (Å²) in [6.45, 7) is 1.43. The van der Waals surface area contributed by atoms with E-state index in [1.54, 1.807) is 0 Å². The Morgan fingerprint density at radius 1 is 1.70 bits per heavy atom. The van der Waals surface area contributed by atoms with Crippen molar-refractivity contribution in [3.8, 4) is 0 Å². The van der Waals surface area contributed by atoms with Gasteiger partial charge in [-0.3, -0.25) is 4.79 Å². The topological polar surface area (TPSA) is 77.4 Å². The van der Waals surface area contributed by atoms with Gasteiger partial charge in [-0.25, -0.2) is 0 Å². The molecule has 0 saturated carbocycles. The Balaban J connectivity index is 3.49. The third kappa shape index (κ3) is 4.20. The second kappa shape index (κ2) is 4.16. The summed E-state index contributed by atoms with van der Waals surface area (Å²) < 4.78 is 0. The monoisotopic (exact) mass is 163 g/mol. The Kier molecular flexibility index (Phi) is 3.87. The molecular weight excluding hydrogens is 156 g/mol. The first kappa shape index (κ1) is 9.29. The largest absolute Gasteiger partial charge is 0.549 e. The normalized spacial score (nSPS) is 12.5. The molecule has 1 unspecified atom stereocenters. The van der Waals surface area contributed by atoms with Crippen molar-refractivity contribution in [1.29, 1.82) is 0 Å². The molecule has 0 rings (SSSR count). The van der Waals surface area contributed by atoms with Gasteiger partial charge in [0.15, 0.2) is 0 Å². The van der Waals surface area contributed by atoms with Crippen molar-refractivity contribution in [2.75, 3.05) is 5.75 Å². The lowest BCUT2D eigenvalue weighted by Gasteiger charge is -2.04. The van der Waals surface area contributed by atoms with Crippen molar-refractivity contribution in [2.24, 2.45) is 0 Å². The molecule has 0 aromatic heterocycles. The molecule has 1 N–H and O–H groups in total. The summed E-state index contributed by atoms with van der Waals surface area (Å²) in [4.78, 5) is 19.9. The predicted molar refractivity (Wildman–Crippen MR) is 34.6 cm³/mol. The van der Waals surface area contributed by atoms with Crippen molar-refractivity contribution in [1.82, 2.24) is 0 Å². The maximum atomic E-state index is 10.1. The standard InChI is InChI=1S/C5H8O4S/c1-3(5(8)9)10-2-4(6)7/h3H,2H2,1H3,(H,6,7)(H,8,9)/p-1. The number of rotatable bonds is 4. The van der Waals surface area contributed by atoms with Crippen LogP contribution in [-0.4, -0.2) is 28.0 Å². The van der Waals surface area contributed by atoms with Gasteiger partial charge in [-0.05, 0) is 6.92 Å². The Morgan fingerprint density at radius 3 is 2.50 bits per heavy atom. The van der Waals surface area contributed by atoms with Crippen LogP contribution in [0.3, 0.4) is 0 Å². The van der Waals surface area contributed by atoms with E-state index in [2.05, 4.69) is 0 Å². The Hall–Kier alpha value is -0.710. The van der Waals surface area contributed by atoms with Gasteiger partial charge in [0, 0.05) is 5.75 Å². The second-order valence-electron chi connectivity index (χ2n) is 1.66. The number of hydrogen-bond donors (Lipinski definition) is 1. The molecule has 0 amide bonds. The molecule has 0 radical (unpaired) electrons. The Morgan fingerprint density at radius 2 is 2.20 bits per heavy atom. The van der Waals surface area contributed by atoms with Crippen LogP contribution in [0.25, 0.3) is 0 Å². The van der Waals surface area contributed by atoms with Crippen molar-refractivity contribution in [3.05, 3.63) is 0 Å². The van der Waals surface area contributed by atoms with Gasteiger partial charge >= 0.3 is 5.97 Å². The summed E-state index contributed by atoms with van der Waals surface area (Å²) in [6, 6.07) is 0. The van der Waals surface area contributed by atoms with Crippen molar-refractivity contribution >= 4 is 23.7 Å². The summed E-state index contributed by atoms with van der Waals surface area (Å²) >= 11 is 0.831. The number of carbonyl (C=O) groups excluding carboxylic acids is 1. The number of aliphatic carboxylic acids is 2. The van der Waals surface area contributed by atoms with E-state index < -0.39 is 17.2 Å². The van der Waals surface area contributed by atoms with Crippen molar-refractivity contribution in [3.63, 3.8) is 0 Å². The number of carboxylic acid groups (broad SMARTS) is 2. The van der Waals surface area contributed by atoms with Gasteiger partial charge in [0.1, 0.15) is 0 Å². The van der Waals surface area contributed by atoms with Crippen LogP contribution in [0.1, 0.15) is 6.92 Å². The third-order valence-corrected chi connectivity index (χ3v) is 1.90. The highest BCUT2D eigenvalue weighted by Gasteiger charge is 2.09. The summed E-state index contributed by atoms with van der Waals surface area (Å²) in [5.74, 6) is -2.52. The first-order valence-electron chi connectivity index (χ1n) is 2.58. The van der Waals surface area contributed by atoms with Gasteiger partial charge in [-0.15, -0.1) is 11.8 Å². The predicted octanol–water partition coefficient (Wildman–Crippen LogP) is -1.06. The quantitative estimate of drug-likeness (QED) is 0.571. The molecule has 0 aliphatic heterocycles. The van der Waals surface area contributed by atoms with Gasteiger partial charge in [0.25, 0.3) is 0 Å². The van der Waals surface area contributed by atoms with Crippen LogP contribution >= 0.6 is 11.8 Å². The van der Waals surface area contributed by atoms with E-state index >= 15 is 0 Å². The molecule has 4 nitrogen and oxygen atoms in total. The van der Waals surface area contributed by atoms with E-state index in [0.717, 1.165) is 11.8 Å². The van der Waals surface area contributed by atoms with Crippen LogP contribution in [0, 0.1) is 0 Å². The molecule has 0 aliphatic carbocycles. The number of carbonyl (C=O) groups is 2. The van der Waals surface area contributed by atoms with Crippen LogP contribution < -0.4 is 5.11 Å². The van der Waals surface area contributed by atoms with Crippen LogP contribution in [0.15, 0.2) is 0 Å². The van der Waals surface area contributed by atoms with E-state index in [4.69, 9.17) is 5.11 Å². The van der Waals surface area contributed by atoms with Gasteiger partial charge in [0.05, 0.1) is 11.2 Å². The van der Waals surface area contributed by atoms with E-state index in [1.165, 1.54) is 6.92 Å². The zero-order chi connectivity index (χ0) is 8.15. The molecule has 0 aromatic carbocycles. The van der Waals surface area contributed by atoms with Crippen LogP contribution in [0.5, 0.6) is 0 Å². The molecular formula is C5H7O4S-. The number of hydrogen-bond acceptors (Lipinski definition) is 4. The SMILES string of the molecule is CC(SCC(=O)[O-])C(=O)O. The zero-order valence-electron chi connectivity index (χ0n) is 5.36.